The molecule has 0 saturated carbocycles. The molecule has 2 atom stereocenters. The lowest BCUT2D eigenvalue weighted by molar-refractivity contribution is -0.221. The SMILES string of the molecule is CC(C)(C)OC(=O)N1CC=C([C@@H]2O[C@](C)(c3ccc(Cl)cn3)Oc3ccccc32)CC1. The lowest BCUT2D eigenvalue weighted by Gasteiger charge is -2.41. The number of fused-ring (bicyclic) bond motifs is 1. The molecule has 1 amide bonds. The van der Waals surface area contributed by atoms with Crippen LogP contribution in [0.25, 0.3) is 0 Å². The fraction of sp³-hybridized carbons (Fsp3) is 0.417. The number of aromatic nitrogens is 1. The summed E-state index contributed by atoms with van der Waals surface area (Å²) in [4.78, 5) is 18.5. The van der Waals surface area contributed by atoms with Gasteiger partial charge in [0.15, 0.2) is 0 Å². The molecule has 0 fully saturated rings. The van der Waals surface area contributed by atoms with Gasteiger partial charge < -0.3 is 19.1 Å². The van der Waals surface area contributed by atoms with E-state index in [1.807, 2.05) is 58.0 Å². The summed E-state index contributed by atoms with van der Waals surface area (Å²) in [6.07, 6.45) is 3.72. The number of halogens is 1. The van der Waals surface area contributed by atoms with E-state index in [1.54, 1.807) is 17.2 Å². The average molecular weight is 443 g/mol. The standard InChI is InChI=1S/C24H27ClN2O4/c1-23(2,3)31-22(28)27-13-11-16(12-14-27)21-18-7-5-6-8-19(18)29-24(4,30-21)20-10-9-17(25)15-26-20/h5-11,15,21H,12-14H2,1-4H3/t21-,24+/m0/s1. The Labute approximate surface area is 187 Å². The molecular weight excluding hydrogens is 416 g/mol. The maximum absolute atomic E-state index is 12.4. The van der Waals surface area contributed by atoms with Gasteiger partial charge in [-0.3, -0.25) is 4.98 Å². The number of ether oxygens (including phenoxy) is 3. The highest BCUT2D eigenvalue weighted by molar-refractivity contribution is 6.30. The molecule has 0 saturated heterocycles. The highest BCUT2D eigenvalue weighted by Gasteiger charge is 2.42. The largest absolute Gasteiger partial charge is 0.456 e. The van der Waals surface area contributed by atoms with Crippen LogP contribution in [-0.4, -0.2) is 34.7 Å². The number of carbonyl (C=O) groups is 1. The number of rotatable bonds is 2. The molecule has 7 heteroatoms. The van der Waals surface area contributed by atoms with E-state index in [9.17, 15) is 4.79 Å². The predicted octanol–water partition coefficient (Wildman–Crippen LogP) is 5.63. The monoisotopic (exact) mass is 442 g/mol. The highest BCUT2D eigenvalue weighted by Crippen LogP contribution is 2.46. The van der Waals surface area contributed by atoms with Gasteiger partial charge in [0.05, 0.1) is 5.02 Å². The van der Waals surface area contributed by atoms with Crippen LogP contribution in [0.2, 0.25) is 5.02 Å². The Balaban J connectivity index is 1.60. The Morgan fingerprint density at radius 2 is 2.03 bits per heavy atom. The third kappa shape index (κ3) is 4.70. The molecular formula is C24H27ClN2O4. The second kappa shape index (κ2) is 8.17. The number of carbonyl (C=O) groups excluding carboxylic acids is 1. The van der Waals surface area contributed by atoms with Crippen LogP contribution in [0.15, 0.2) is 54.2 Å². The molecule has 1 aromatic heterocycles. The van der Waals surface area contributed by atoms with Crippen LogP contribution in [0.1, 0.15) is 51.5 Å². The van der Waals surface area contributed by atoms with Gasteiger partial charge >= 0.3 is 6.09 Å². The molecule has 4 rings (SSSR count). The number of para-hydroxylation sites is 1. The Hall–Kier alpha value is -2.57. The predicted molar refractivity (Wildman–Crippen MR) is 118 cm³/mol. The van der Waals surface area contributed by atoms with Crippen molar-refractivity contribution in [2.24, 2.45) is 0 Å². The first kappa shape index (κ1) is 21.7. The first-order valence-corrected chi connectivity index (χ1v) is 10.8. The summed E-state index contributed by atoms with van der Waals surface area (Å²) in [6.45, 7) is 8.52. The minimum absolute atomic E-state index is 0.298. The lowest BCUT2D eigenvalue weighted by atomic mass is 9.93. The van der Waals surface area contributed by atoms with E-state index >= 15 is 0 Å². The molecule has 0 radical (unpaired) electrons. The van der Waals surface area contributed by atoms with Crippen molar-refractivity contribution in [1.82, 2.24) is 9.88 Å². The highest BCUT2D eigenvalue weighted by atomic mass is 35.5. The summed E-state index contributed by atoms with van der Waals surface area (Å²) >= 11 is 6.01. The van der Waals surface area contributed by atoms with Crippen LogP contribution in [-0.2, 0) is 15.3 Å². The van der Waals surface area contributed by atoms with Gasteiger partial charge in [0.25, 0.3) is 5.79 Å². The molecule has 6 nitrogen and oxygen atoms in total. The normalized spacial score (nSPS) is 23.5. The summed E-state index contributed by atoms with van der Waals surface area (Å²) in [6, 6.07) is 11.4. The van der Waals surface area contributed by atoms with Crippen molar-refractivity contribution in [2.75, 3.05) is 13.1 Å². The topological polar surface area (TPSA) is 60.9 Å². The van der Waals surface area contributed by atoms with Gasteiger partial charge in [-0.25, -0.2) is 4.79 Å². The Bertz CT molecular complexity index is 999. The molecule has 1 aromatic carbocycles. The van der Waals surface area contributed by atoms with Gasteiger partial charge in [-0.1, -0.05) is 35.9 Å². The smallest absolute Gasteiger partial charge is 0.410 e. The summed E-state index contributed by atoms with van der Waals surface area (Å²) < 4.78 is 18.3. The zero-order chi connectivity index (χ0) is 22.2. The van der Waals surface area contributed by atoms with E-state index in [0.29, 0.717) is 30.2 Å². The maximum Gasteiger partial charge on any atom is 0.410 e. The fourth-order valence-electron chi connectivity index (χ4n) is 3.76. The Morgan fingerprint density at radius 3 is 2.68 bits per heavy atom. The number of hydrogen-bond acceptors (Lipinski definition) is 5. The van der Waals surface area contributed by atoms with E-state index in [1.165, 1.54) is 0 Å². The number of nitrogens with zero attached hydrogens (tertiary/aromatic N) is 2. The molecule has 0 N–H and O–H groups in total. The second-order valence-electron chi connectivity index (χ2n) is 8.90. The summed E-state index contributed by atoms with van der Waals surface area (Å²) in [7, 11) is 0. The molecule has 2 aliphatic rings. The number of pyridine rings is 1. The van der Waals surface area contributed by atoms with Crippen molar-refractivity contribution >= 4 is 17.7 Å². The first-order valence-electron chi connectivity index (χ1n) is 10.4. The third-order valence-electron chi connectivity index (χ3n) is 5.27. The number of amides is 1. The quantitative estimate of drug-likeness (QED) is 0.564. The van der Waals surface area contributed by atoms with E-state index in [0.717, 1.165) is 16.9 Å². The van der Waals surface area contributed by atoms with E-state index in [2.05, 4.69) is 11.1 Å². The van der Waals surface area contributed by atoms with Gasteiger partial charge in [-0.15, -0.1) is 0 Å². The minimum atomic E-state index is -1.06. The Morgan fingerprint density at radius 1 is 1.26 bits per heavy atom. The van der Waals surface area contributed by atoms with Crippen molar-refractivity contribution in [3.63, 3.8) is 0 Å². The average Bonchev–Trinajstić information content (AvgIpc) is 2.72. The van der Waals surface area contributed by atoms with E-state index < -0.39 is 11.4 Å². The molecule has 164 valence electrons. The van der Waals surface area contributed by atoms with Gasteiger partial charge in [-0.05, 0) is 51.0 Å². The zero-order valence-electron chi connectivity index (χ0n) is 18.2. The molecule has 3 heterocycles. The van der Waals surface area contributed by atoms with Crippen molar-refractivity contribution in [3.8, 4) is 5.75 Å². The van der Waals surface area contributed by atoms with E-state index in [-0.39, 0.29) is 12.2 Å². The number of benzene rings is 1. The van der Waals surface area contributed by atoms with Crippen LogP contribution in [0, 0.1) is 0 Å². The molecule has 31 heavy (non-hydrogen) atoms. The van der Waals surface area contributed by atoms with Crippen molar-refractivity contribution in [3.05, 3.63) is 70.5 Å². The lowest BCUT2D eigenvalue weighted by Crippen LogP contribution is -2.42. The molecule has 0 spiro atoms. The van der Waals surface area contributed by atoms with Crippen LogP contribution in [0.4, 0.5) is 4.79 Å². The molecule has 0 aliphatic carbocycles. The van der Waals surface area contributed by atoms with Crippen LogP contribution < -0.4 is 4.74 Å². The van der Waals surface area contributed by atoms with Crippen molar-refractivity contribution in [2.45, 2.75) is 51.6 Å². The van der Waals surface area contributed by atoms with Gasteiger partial charge in [0, 0.05) is 31.8 Å². The van der Waals surface area contributed by atoms with Gasteiger partial charge in [0.1, 0.15) is 23.1 Å². The van der Waals surface area contributed by atoms with Crippen LogP contribution in [0.3, 0.4) is 0 Å². The second-order valence-corrected chi connectivity index (χ2v) is 9.34. The third-order valence-corrected chi connectivity index (χ3v) is 5.50. The maximum atomic E-state index is 12.4. The molecule has 2 aliphatic heterocycles. The van der Waals surface area contributed by atoms with Gasteiger partial charge in [0.2, 0.25) is 0 Å². The van der Waals surface area contributed by atoms with Crippen LogP contribution in [0.5, 0.6) is 5.75 Å². The summed E-state index contributed by atoms with van der Waals surface area (Å²) in [5.74, 6) is -0.305. The minimum Gasteiger partial charge on any atom is -0.456 e. The van der Waals surface area contributed by atoms with Crippen LogP contribution >= 0.6 is 11.6 Å². The summed E-state index contributed by atoms with van der Waals surface area (Å²) in [5.41, 5.74) is 2.20. The molecule has 0 unspecified atom stereocenters. The van der Waals surface area contributed by atoms with E-state index in [4.69, 9.17) is 25.8 Å². The fourth-order valence-corrected chi connectivity index (χ4v) is 3.87. The zero-order valence-corrected chi connectivity index (χ0v) is 19.0. The van der Waals surface area contributed by atoms with Crippen molar-refractivity contribution < 1.29 is 19.0 Å². The molecule has 2 aromatic rings. The van der Waals surface area contributed by atoms with Gasteiger partial charge in [-0.2, -0.15) is 0 Å². The first-order chi connectivity index (χ1) is 14.6. The summed E-state index contributed by atoms with van der Waals surface area (Å²) in [5, 5.41) is 0.553. The Kier molecular flexibility index (Phi) is 5.71. The van der Waals surface area contributed by atoms with Crippen molar-refractivity contribution in [1.29, 1.82) is 0 Å². The molecule has 0 bridgehead atoms. The number of hydrogen-bond donors (Lipinski definition) is 0.